The minimum absolute atomic E-state index is 0.262. The highest BCUT2D eigenvalue weighted by Gasteiger charge is 2.14. The van der Waals surface area contributed by atoms with E-state index in [1.807, 2.05) is 6.92 Å². The number of nitrogens with zero attached hydrogens (tertiary/aromatic N) is 1. The van der Waals surface area contributed by atoms with Gasteiger partial charge in [0.05, 0.1) is 4.92 Å². The molecular formula is C11H12FNO3. The monoisotopic (exact) mass is 225 g/mol. The van der Waals surface area contributed by atoms with E-state index in [1.54, 1.807) is 0 Å². The van der Waals surface area contributed by atoms with Gasteiger partial charge in [-0.1, -0.05) is 13.5 Å². The van der Waals surface area contributed by atoms with Gasteiger partial charge in [0.2, 0.25) is 5.82 Å². The summed E-state index contributed by atoms with van der Waals surface area (Å²) in [7, 11) is 0. The molecule has 0 spiro atoms. The van der Waals surface area contributed by atoms with Gasteiger partial charge < -0.3 is 4.74 Å². The van der Waals surface area contributed by atoms with Gasteiger partial charge in [0.1, 0.15) is 12.4 Å². The van der Waals surface area contributed by atoms with Crippen molar-refractivity contribution in [2.24, 2.45) is 0 Å². The van der Waals surface area contributed by atoms with Crippen LogP contribution >= 0.6 is 0 Å². The van der Waals surface area contributed by atoms with Crippen molar-refractivity contribution in [3.05, 3.63) is 46.3 Å². The van der Waals surface area contributed by atoms with Crippen LogP contribution in [0.4, 0.5) is 10.1 Å². The van der Waals surface area contributed by atoms with Crippen LogP contribution in [0, 0.1) is 15.9 Å². The van der Waals surface area contributed by atoms with Gasteiger partial charge in [-0.3, -0.25) is 10.1 Å². The molecule has 1 aromatic rings. The molecule has 4 nitrogen and oxygen atoms in total. The quantitative estimate of drug-likeness (QED) is 0.439. The maximum atomic E-state index is 13.2. The van der Waals surface area contributed by atoms with Crippen molar-refractivity contribution >= 4 is 5.69 Å². The number of hydrogen-bond acceptors (Lipinski definition) is 3. The highest BCUT2D eigenvalue weighted by Crippen LogP contribution is 2.22. The van der Waals surface area contributed by atoms with E-state index in [2.05, 4.69) is 6.58 Å². The summed E-state index contributed by atoms with van der Waals surface area (Å²) in [5.41, 5.74) is 0.320. The lowest BCUT2D eigenvalue weighted by Gasteiger charge is -2.06. The van der Waals surface area contributed by atoms with Gasteiger partial charge in [0.15, 0.2) is 0 Å². The average Bonchev–Trinajstić information content (AvgIpc) is 2.25. The number of nitro benzene ring substituents is 1. The van der Waals surface area contributed by atoms with Crippen molar-refractivity contribution in [3.8, 4) is 5.75 Å². The van der Waals surface area contributed by atoms with Gasteiger partial charge in [-0.2, -0.15) is 4.39 Å². The molecule has 0 saturated carbocycles. The van der Waals surface area contributed by atoms with Gasteiger partial charge in [-0.25, -0.2) is 0 Å². The van der Waals surface area contributed by atoms with E-state index in [4.69, 9.17) is 4.74 Å². The highest BCUT2D eigenvalue weighted by molar-refractivity contribution is 5.38. The predicted octanol–water partition coefficient (Wildman–Crippen LogP) is 3.08. The molecule has 0 fully saturated rings. The van der Waals surface area contributed by atoms with Crippen molar-refractivity contribution in [2.75, 3.05) is 6.61 Å². The highest BCUT2D eigenvalue weighted by atomic mass is 19.1. The first-order valence-corrected chi connectivity index (χ1v) is 4.78. The molecule has 0 radical (unpaired) electrons. The fourth-order valence-corrected chi connectivity index (χ4v) is 1.01. The first-order chi connectivity index (χ1) is 7.54. The Morgan fingerprint density at radius 1 is 1.62 bits per heavy atom. The van der Waals surface area contributed by atoms with Crippen LogP contribution in [-0.2, 0) is 0 Å². The molecule has 16 heavy (non-hydrogen) atoms. The third kappa shape index (κ3) is 3.05. The third-order valence-electron chi connectivity index (χ3n) is 2.06. The molecule has 0 bridgehead atoms. The fourth-order valence-electron chi connectivity index (χ4n) is 1.01. The molecule has 0 aliphatic carbocycles. The molecule has 0 N–H and O–H groups in total. The van der Waals surface area contributed by atoms with Crippen molar-refractivity contribution in [1.82, 2.24) is 0 Å². The van der Waals surface area contributed by atoms with E-state index in [9.17, 15) is 14.5 Å². The Kier molecular flexibility index (Phi) is 3.99. The van der Waals surface area contributed by atoms with Crippen LogP contribution in [0.2, 0.25) is 0 Å². The topological polar surface area (TPSA) is 52.4 Å². The van der Waals surface area contributed by atoms with Crippen LogP contribution in [0.15, 0.2) is 30.4 Å². The van der Waals surface area contributed by atoms with E-state index in [1.165, 1.54) is 6.07 Å². The van der Waals surface area contributed by atoms with E-state index < -0.39 is 16.4 Å². The summed E-state index contributed by atoms with van der Waals surface area (Å²) < 4.78 is 18.4. The zero-order valence-electron chi connectivity index (χ0n) is 8.90. The van der Waals surface area contributed by atoms with E-state index in [-0.39, 0.29) is 12.4 Å². The second kappa shape index (κ2) is 5.25. The molecule has 0 heterocycles. The molecule has 1 aromatic carbocycles. The fraction of sp³-hybridized carbons (Fsp3) is 0.273. The van der Waals surface area contributed by atoms with E-state index >= 15 is 0 Å². The second-order valence-electron chi connectivity index (χ2n) is 3.26. The van der Waals surface area contributed by atoms with Gasteiger partial charge in [0, 0.05) is 12.1 Å². The molecule has 0 atom stereocenters. The zero-order chi connectivity index (χ0) is 12.1. The Hall–Kier alpha value is -1.91. The summed E-state index contributed by atoms with van der Waals surface area (Å²) in [5, 5.41) is 10.4. The predicted molar refractivity (Wildman–Crippen MR) is 58.0 cm³/mol. The molecule has 0 saturated heterocycles. The van der Waals surface area contributed by atoms with Gasteiger partial charge in [-0.15, -0.1) is 0 Å². The number of ether oxygens (including phenoxy) is 1. The Labute approximate surface area is 92.5 Å². The maximum absolute atomic E-state index is 13.2. The van der Waals surface area contributed by atoms with Gasteiger partial charge >= 0.3 is 5.69 Å². The molecule has 5 heteroatoms. The van der Waals surface area contributed by atoms with Crippen LogP contribution in [0.1, 0.15) is 13.3 Å². The summed E-state index contributed by atoms with van der Waals surface area (Å²) >= 11 is 0. The SMILES string of the molecule is C=C(CC)COc1ccc([N+](=O)[O-])c(F)c1. The van der Waals surface area contributed by atoms with Crippen molar-refractivity contribution in [1.29, 1.82) is 0 Å². The summed E-state index contributed by atoms with van der Waals surface area (Å²) in [6.45, 7) is 5.95. The molecule has 0 unspecified atom stereocenters. The third-order valence-corrected chi connectivity index (χ3v) is 2.06. The van der Waals surface area contributed by atoms with Crippen LogP contribution in [-0.4, -0.2) is 11.5 Å². The summed E-state index contributed by atoms with van der Waals surface area (Å²) in [6, 6.07) is 3.45. The number of rotatable bonds is 5. The lowest BCUT2D eigenvalue weighted by molar-refractivity contribution is -0.387. The number of benzene rings is 1. The summed E-state index contributed by atoms with van der Waals surface area (Å²) in [4.78, 5) is 9.58. The standard InChI is InChI=1S/C11H12FNO3/c1-3-8(2)7-16-9-4-5-11(13(14)15)10(12)6-9/h4-6H,2-3,7H2,1H3. The lowest BCUT2D eigenvalue weighted by atomic mass is 10.2. The molecular weight excluding hydrogens is 213 g/mol. The lowest BCUT2D eigenvalue weighted by Crippen LogP contribution is -2.00. The Morgan fingerprint density at radius 2 is 2.31 bits per heavy atom. The maximum Gasteiger partial charge on any atom is 0.305 e. The first-order valence-electron chi connectivity index (χ1n) is 4.78. The molecule has 0 aliphatic rings. The number of hydrogen-bond donors (Lipinski definition) is 0. The van der Waals surface area contributed by atoms with Gasteiger partial charge in [0.25, 0.3) is 0 Å². The smallest absolute Gasteiger partial charge is 0.305 e. The van der Waals surface area contributed by atoms with Gasteiger partial charge in [-0.05, 0) is 18.1 Å². The molecule has 0 aromatic heterocycles. The Bertz CT molecular complexity index is 418. The Morgan fingerprint density at radius 3 is 2.81 bits per heavy atom. The van der Waals surface area contributed by atoms with Crippen molar-refractivity contribution < 1.29 is 14.1 Å². The van der Waals surface area contributed by atoms with Crippen molar-refractivity contribution in [2.45, 2.75) is 13.3 Å². The zero-order valence-corrected chi connectivity index (χ0v) is 8.90. The van der Waals surface area contributed by atoms with Crippen LogP contribution in [0.25, 0.3) is 0 Å². The second-order valence-corrected chi connectivity index (χ2v) is 3.26. The number of nitro groups is 1. The Balaban J connectivity index is 2.74. The molecule has 0 amide bonds. The number of halogens is 1. The molecule has 86 valence electrons. The van der Waals surface area contributed by atoms with Crippen LogP contribution < -0.4 is 4.74 Å². The minimum Gasteiger partial charge on any atom is -0.489 e. The van der Waals surface area contributed by atoms with E-state index in [0.29, 0.717) is 0 Å². The molecule has 1 rings (SSSR count). The first kappa shape index (κ1) is 12.2. The average molecular weight is 225 g/mol. The van der Waals surface area contributed by atoms with Crippen LogP contribution in [0.5, 0.6) is 5.75 Å². The minimum atomic E-state index is -0.899. The largest absolute Gasteiger partial charge is 0.489 e. The molecule has 0 aliphatic heterocycles. The van der Waals surface area contributed by atoms with Crippen molar-refractivity contribution in [3.63, 3.8) is 0 Å². The summed E-state index contributed by atoms with van der Waals surface area (Å²) in [6.07, 6.45) is 0.773. The normalized spacial score (nSPS) is 9.88. The van der Waals surface area contributed by atoms with E-state index in [0.717, 1.165) is 24.1 Å². The summed E-state index contributed by atoms with van der Waals surface area (Å²) in [5.74, 6) is -0.637. The van der Waals surface area contributed by atoms with Crippen LogP contribution in [0.3, 0.4) is 0 Å².